The molecule has 0 fully saturated rings. The van der Waals surface area contributed by atoms with E-state index in [4.69, 9.17) is 5.11 Å². The first-order chi connectivity index (χ1) is 13.1. The van der Waals surface area contributed by atoms with Gasteiger partial charge in [-0.15, -0.1) is 0 Å². The van der Waals surface area contributed by atoms with E-state index >= 15 is 0 Å². The normalized spacial score (nSPS) is 11.5. The Morgan fingerprint density at radius 2 is 1.14 bits per heavy atom. The number of benzene rings is 3. The smallest absolute Gasteiger partial charge is 0.307 e. The summed E-state index contributed by atoms with van der Waals surface area (Å²) < 4.78 is 0. The lowest BCUT2D eigenvalue weighted by Crippen LogP contribution is -3.00. The number of hydrogen-bond donors (Lipinski definition) is 1. The minimum Gasteiger partial charge on any atom is -1.00 e. The maximum absolute atomic E-state index is 11.0. The Hall–Kier alpha value is -2.22. The second-order valence-corrected chi connectivity index (χ2v) is 10.1. The van der Waals surface area contributed by atoms with Gasteiger partial charge in [0.25, 0.3) is 0 Å². The molecule has 0 unspecified atom stereocenters. The quantitative estimate of drug-likeness (QED) is 0.432. The Balaban J connectivity index is 0.00000280. The number of carbonyl (C=O) groups is 1. The zero-order valence-electron chi connectivity index (χ0n) is 15.8. The monoisotopic (exact) mass is 454 g/mol. The molecule has 0 aliphatic rings. The number of aliphatic carboxylic acids is 1. The van der Waals surface area contributed by atoms with Crippen molar-refractivity contribution < 1.29 is 26.9 Å². The van der Waals surface area contributed by atoms with Gasteiger partial charge in [0.2, 0.25) is 0 Å². The minimum absolute atomic E-state index is 0. The molecule has 2 nitrogen and oxygen atoms in total. The molecule has 1 N–H and O–H groups in total. The van der Waals surface area contributed by atoms with Crippen LogP contribution >= 0.6 is 7.26 Å². The summed E-state index contributed by atoms with van der Waals surface area (Å²) in [5.74, 6) is -0.794. The first kappa shape index (κ1) is 22.1. The molecule has 0 bridgehead atoms. The molecule has 144 valence electrons. The Morgan fingerprint density at radius 1 is 0.786 bits per heavy atom. The average molecular weight is 455 g/mol. The van der Waals surface area contributed by atoms with Crippen molar-refractivity contribution in [3.8, 4) is 0 Å². The topological polar surface area (TPSA) is 37.3 Å². The van der Waals surface area contributed by atoms with Crippen LogP contribution in [0.4, 0.5) is 0 Å². The number of carboxylic acid groups (broad SMARTS) is 1. The molecule has 3 aromatic rings. The maximum atomic E-state index is 11.0. The van der Waals surface area contributed by atoms with Crippen LogP contribution in [0.3, 0.4) is 0 Å². The first-order valence-electron chi connectivity index (χ1n) is 9.05. The summed E-state index contributed by atoms with van der Waals surface area (Å²) in [6.07, 6.45) is 2.74. The second kappa shape index (κ2) is 10.4. The van der Waals surface area contributed by atoms with Gasteiger partial charge in [0.05, 0.1) is 12.6 Å². The molecule has 0 aliphatic heterocycles. The first-order valence-corrected chi connectivity index (χ1v) is 11.0. The van der Waals surface area contributed by atoms with E-state index in [1.54, 1.807) is 0 Å². The van der Waals surface area contributed by atoms with E-state index in [1.807, 2.05) is 31.2 Å². The molecular weight excluding hydrogens is 431 g/mol. The molecule has 0 amide bonds. The molecular formula is C24H24BrO2P. The van der Waals surface area contributed by atoms with Gasteiger partial charge < -0.3 is 22.1 Å². The van der Waals surface area contributed by atoms with Crippen LogP contribution in [0.5, 0.6) is 0 Å². The van der Waals surface area contributed by atoms with Gasteiger partial charge in [0.15, 0.2) is 0 Å². The van der Waals surface area contributed by atoms with E-state index < -0.39 is 13.2 Å². The SMILES string of the molecule is C/C(=C\CC(=O)O)C[P+](c1ccccc1)(c1ccccc1)c1ccccc1.[Br-]. The van der Waals surface area contributed by atoms with Crippen molar-refractivity contribution in [3.05, 3.63) is 103 Å². The van der Waals surface area contributed by atoms with Gasteiger partial charge in [0.1, 0.15) is 23.2 Å². The van der Waals surface area contributed by atoms with Gasteiger partial charge in [-0.2, -0.15) is 0 Å². The van der Waals surface area contributed by atoms with Crippen LogP contribution in [0, 0.1) is 0 Å². The number of rotatable bonds is 7. The summed E-state index contributed by atoms with van der Waals surface area (Å²) in [6.45, 7) is 2.05. The molecule has 0 saturated carbocycles. The lowest BCUT2D eigenvalue weighted by Gasteiger charge is -2.28. The molecule has 0 saturated heterocycles. The van der Waals surface area contributed by atoms with E-state index in [9.17, 15) is 4.79 Å². The van der Waals surface area contributed by atoms with Crippen LogP contribution in [-0.4, -0.2) is 17.2 Å². The molecule has 0 heterocycles. The molecule has 4 heteroatoms. The van der Waals surface area contributed by atoms with Crippen molar-refractivity contribution in [2.45, 2.75) is 13.3 Å². The van der Waals surface area contributed by atoms with Crippen LogP contribution < -0.4 is 32.9 Å². The lowest BCUT2D eigenvalue weighted by atomic mass is 10.3. The van der Waals surface area contributed by atoms with E-state index in [0.717, 1.165) is 11.7 Å². The van der Waals surface area contributed by atoms with Gasteiger partial charge in [-0.3, -0.25) is 4.79 Å². The van der Waals surface area contributed by atoms with Crippen molar-refractivity contribution in [1.29, 1.82) is 0 Å². The van der Waals surface area contributed by atoms with Crippen molar-refractivity contribution >= 4 is 29.1 Å². The minimum atomic E-state index is -1.93. The van der Waals surface area contributed by atoms with Crippen LogP contribution in [0.1, 0.15) is 13.3 Å². The number of allylic oxidation sites excluding steroid dienone is 1. The average Bonchev–Trinajstić information content (AvgIpc) is 2.72. The van der Waals surface area contributed by atoms with Crippen LogP contribution in [0.25, 0.3) is 0 Å². The summed E-state index contributed by atoms with van der Waals surface area (Å²) in [5, 5.41) is 13.0. The summed E-state index contributed by atoms with van der Waals surface area (Å²) in [7, 11) is -1.93. The van der Waals surface area contributed by atoms with Crippen molar-refractivity contribution in [1.82, 2.24) is 0 Å². The summed E-state index contributed by atoms with van der Waals surface area (Å²) in [5.41, 5.74) is 1.11. The molecule has 3 aromatic carbocycles. The fourth-order valence-corrected chi connectivity index (χ4v) is 7.83. The third-order valence-corrected chi connectivity index (χ3v) is 9.21. The molecule has 0 spiro atoms. The van der Waals surface area contributed by atoms with Crippen molar-refractivity contribution in [2.75, 3.05) is 6.16 Å². The van der Waals surface area contributed by atoms with Gasteiger partial charge in [-0.05, 0) is 48.9 Å². The fraction of sp³-hybridized carbons (Fsp3) is 0.125. The van der Waals surface area contributed by atoms with E-state index in [-0.39, 0.29) is 23.4 Å². The Labute approximate surface area is 178 Å². The highest BCUT2D eigenvalue weighted by atomic mass is 79.9. The van der Waals surface area contributed by atoms with Gasteiger partial charge in [-0.1, -0.05) is 60.7 Å². The molecule has 3 rings (SSSR count). The molecule has 0 aromatic heterocycles. The van der Waals surface area contributed by atoms with Crippen molar-refractivity contribution in [3.63, 3.8) is 0 Å². The third-order valence-electron chi connectivity index (χ3n) is 4.70. The standard InChI is InChI=1S/C24H23O2P.BrH/c1-20(17-18-24(25)26)19-27(21-11-5-2-6-12-21,22-13-7-3-8-14-22)23-15-9-4-10-16-23;/h2-17H,18-19H2,1H3;1H/b20-17+;. The second-order valence-electron chi connectivity index (χ2n) is 6.62. The number of halogens is 1. The highest BCUT2D eigenvalue weighted by molar-refractivity contribution is 7.95. The van der Waals surface area contributed by atoms with Gasteiger partial charge >= 0.3 is 5.97 Å². The summed E-state index contributed by atoms with van der Waals surface area (Å²) >= 11 is 0. The van der Waals surface area contributed by atoms with E-state index in [0.29, 0.717) is 0 Å². The Morgan fingerprint density at radius 3 is 1.46 bits per heavy atom. The highest BCUT2D eigenvalue weighted by Gasteiger charge is 2.45. The molecule has 0 atom stereocenters. The van der Waals surface area contributed by atoms with E-state index in [2.05, 4.69) is 72.8 Å². The van der Waals surface area contributed by atoms with E-state index in [1.165, 1.54) is 15.9 Å². The molecule has 0 radical (unpaired) electrons. The lowest BCUT2D eigenvalue weighted by molar-refractivity contribution is -0.136. The van der Waals surface area contributed by atoms with Gasteiger partial charge in [0, 0.05) is 0 Å². The Kier molecular flexibility index (Phi) is 8.17. The molecule has 0 aliphatic carbocycles. The summed E-state index contributed by atoms with van der Waals surface area (Å²) in [4.78, 5) is 11.0. The number of hydrogen-bond acceptors (Lipinski definition) is 1. The fourth-order valence-electron chi connectivity index (χ4n) is 3.47. The zero-order chi connectivity index (χ0) is 19.1. The number of carboxylic acids is 1. The van der Waals surface area contributed by atoms with Crippen LogP contribution in [0.15, 0.2) is 103 Å². The third kappa shape index (κ3) is 4.98. The van der Waals surface area contributed by atoms with Crippen LogP contribution in [0.2, 0.25) is 0 Å². The largest absolute Gasteiger partial charge is 1.00 e. The summed E-state index contributed by atoms with van der Waals surface area (Å²) in [6, 6.07) is 31.9. The zero-order valence-corrected chi connectivity index (χ0v) is 18.3. The Bertz CT molecular complexity index is 812. The predicted molar refractivity (Wildman–Crippen MR) is 116 cm³/mol. The maximum Gasteiger partial charge on any atom is 0.307 e. The van der Waals surface area contributed by atoms with Gasteiger partial charge in [-0.25, -0.2) is 0 Å². The van der Waals surface area contributed by atoms with Crippen LogP contribution in [-0.2, 0) is 4.79 Å². The van der Waals surface area contributed by atoms with Crippen molar-refractivity contribution in [2.24, 2.45) is 0 Å². The molecule has 28 heavy (non-hydrogen) atoms. The highest BCUT2D eigenvalue weighted by Crippen LogP contribution is 2.56. The predicted octanol–water partition coefficient (Wildman–Crippen LogP) is 1.41.